The van der Waals surface area contributed by atoms with E-state index in [1.54, 1.807) is 26.6 Å². The van der Waals surface area contributed by atoms with Crippen LogP contribution in [0.5, 0.6) is 17.2 Å². The van der Waals surface area contributed by atoms with Crippen molar-refractivity contribution >= 4 is 29.1 Å². The molecule has 3 aromatic carbocycles. The first-order valence-corrected chi connectivity index (χ1v) is 18.5. The number of nitrogen functional groups attached to an aromatic ring is 1. The van der Waals surface area contributed by atoms with E-state index in [2.05, 4.69) is 10.3 Å². The number of nitrogens with two attached hydrogens (primary N) is 1. The number of anilines is 2. The maximum atomic E-state index is 15.1. The Balaban J connectivity index is 1.29. The van der Waals surface area contributed by atoms with Crippen LogP contribution in [0.15, 0.2) is 96.4 Å². The maximum absolute atomic E-state index is 15.1. The molecule has 1 saturated carbocycles. The lowest BCUT2D eigenvalue weighted by molar-refractivity contribution is -0.137. The molecule has 0 saturated heterocycles. The number of alkyl halides is 3. The third kappa shape index (κ3) is 7.14. The van der Waals surface area contributed by atoms with Crippen molar-refractivity contribution in [3.63, 3.8) is 0 Å². The van der Waals surface area contributed by atoms with Crippen LogP contribution in [0.3, 0.4) is 0 Å². The molecule has 1 aliphatic carbocycles. The van der Waals surface area contributed by atoms with Gasteiger partial charge in [-0.05, 0) is 84.8 Å². The zero-order chi connectivity index (χ0) is 39.1. The molecule has 3 N–H and O–H groups in total. The molecule has 14 heteroatoms. The van der Waals surface area contributed by atoms with E-state index in [0.29, 0.717) is 58.5 Å². The van der Waals surface area contributed by atoms with Crippen molar-refractivity contribution in [2.24, 2.45) is 10.9 Å². The molecule has 1 atom stereocenters. The van der Waals surface area contributed by atoms with Crippen molar-refractivity contribution in [3.8, 4) is 28.5 Å². The smallest absolute Gasteiger partial charge is 0.418 e. The van der Waals surface area contributed by atoms with Crippen LogP contribution < -0.4 is 40.7 Å². The van der Waals surface area contributed by atoms with Gasteiger partial charge >= 0.3 is 6.18 Å². The summed E-state index contributed by atoms with van der Waals surface area (Å²) in [7, 11) is 3.18. The minimum absolute atomic E-state index is 0.00852. The second-order valence-electron chi connectivity index (χ2n) is 13.9. The SMILES string of the molecule is COc1ccc(CN(Cc2ccc(OC)cc2)c2cc(C)c(C(F)(F)F)c(-c3cc4c5c(c3Cl)=NCNC=5N(C(c3cccnc3N)C3CC3)C=CO4)n2)cc1. The number of hydrogen-bond donors (Lipinski definition) is 2. The summed E-state index contributed by atoms with van der Waals surface area (Å²) in [5.74, 6) is 3.36. The molecule has 2 aliphatic heterocycles. The molecular formula is C42H39ClF3N7O3. The molecule has 0 spiro atoms. The summed E-state index contributed by atoms with van der Waals surface area (Å²) in [4.78, 5) is 17.8. The Kier molecular flexibility index (Phi) is 9.87. The van der Waals surface area contributed by atoms with Gasteiger partial charge in [-0.1, -0.05) is 41.9 Å². The number of benzene rings is 3. The number of methoxy groups -OCH3 is 2. The predicted octanol–water partition coefficient (Wildman–Crippen LogP) is 7.49. The van der Waals surface area contributed by atoms with Gasteiger partial charge in [0.25, 0.3) is 0 Å². The molecule has 1 fully saturated rings. The van der Waals surface area contributed by atoms with Gasteiger partial charge in [-0.3, -0.25) is 4.99 Å². The predicted molar refractivity (Wildman–Crippen MR) is 208 cm³/mol. The fraction of sp³-hybridized carbons (Fsp3) is 0.262. The molecule has 4 heterocycles. The van der Waals surface area contributed by atoms with E-state index in [4.69, 9.17) is 41.5 Å². The summed E-state index contributed by atoms with van der Waals surface area (Å²) < 4.78 is 62.3. The van der Waals surface area contributed by atoms with Crippen LogP contribution in [0, 0.1) is 12.8 Å². The van der Waals surface area contributed by atoms with Crippen molar-refractivity contribution < 1.29 is 27.4 Å². The normalized spacial score (nSPS) is 15.2. The maximum Gasteiger partial charge on any atom is 0.418 e. The van der Waals surface area contributed by atoms with Crippen molar-refractivity contribution in [2.45, 2.75) is 45.1 Å². The first-order chi connectivity index (χ1) is 27.0. The van der Waals surface area contributed by atoms with Crippen LogP contribution in [0.4, 0.5) is 24.8 Å². The molecular weight excluding hydrogens is 743 g/mol. The highest BCUT2D eigenvalue weighted by atomic mass is 35.5. The summed E-state index contributed by atoms with van der Waals surface area (Å²) in [6, 6.07) is 21.7. The van der Waals surface area contributed by atoms with Crippen LogP contribution in [0.25, 0.3) is 17.1 Å². The quantitative estimate of drug-likeness (QED) is 0.141. The number of halogens is 4. The fourth-order valence-electron chi connectivity index (χ4n) is 7.45. The molecule has 10 nitrogen and oxygen atoms in total. The Morgan fingerprint density at radius 2 is 1.66 bits per heavy atom. The second kappa shape index (κ2) is 14.9. The lowest BCUT2D eigenvalue weighted by Crippen LogP contribution is -2.45. The topological polar surface area (TPSA) is 110 Å². The van der Waals surface area contributed by atoms with E-state index < -0.39 is 11.7 Å². The molecule has 0 amide bonds. The van der Waals surface area contributed by atoms with E-state index >= 15 is 13.2 Å². The summed E-state index contributed by atoms with van der Waals surface area (Å²) in [6.45, 7) is 2.24. The second-order valence-corrected chi connectivity index (χ2v) is 14.3. The van der Waals surface area contributed by atoms with Gasteiger partial charge in [0.1, 0.15) is 47.6 Å². The zero-order valence-corrected chi connectivity index (χ0v) is 31.7. The molecule has 3 aliphatic rings. The van der Waals surface area contributed by atoms with Gasteiger partial charge in [0, 0.05) is 36.6 Å². The molecule has 5 aromatic rings. The van der Waals surface area contributed by atoms with Crippen molar-refractivity contribution in [2.75, 3.05) is 31.5 Å². The van der Waals surface area contributed by atoms with E-state index in [0.717, 1.165) is 29.5 Å². The highest BCUT2D eigenvalue weighted by molar-refractivity contribution is 6.33. The molecule has 56 heavy (non-hydrogen) atoms. The van der Waals surface area contributed by atoms with Crippen LogP contribution >= 0.6 is 11.6 Å². The number of pyridine rings is 2. The Bertz CT molecular complexity index is 2390. The Labute approximate surface area is 326 Å². The molecule has 288 valence electrons. The van der Waals surface area contributed by atoms with Gasteiger partial charge in [0.05, 0.1) is 47.1 Å². The monoisotopic (exact) mass is 781 g/mol. The van der Waals surface area contributed by atoms with Crippen LogP contribution in [0.2, 0.25) is 5.02 Å². The Morgan fingerprint density at radius 3 is 2.25 bits per heavy atom. The minimum Gasteiger partial charge on any atom is -0.497 e. The first kappa shape index (κ1) is 37.0. The van der Waals surface area contributed by atoms with Gasteiger partial charge in [-0.25, -0.2) is 9.97 Å². The molecule has 2 aromatic heterocycles. The number of nitrogens with zero attached hydrogens (tertiary/aromatic N) is 5. The summed E-state index contributed by atoms with van der Waals surface area (Å²) >= 11 is 7.20. The number of rotatable bonds is 11. The summed E-state index contributed by atoms with van der Waals surface area (Å²) in [6.07, 6.45) is 2.21. The van der Waals surface area contributed by atoms with Crippen molar-refractivity contribution in [1.29, 1.82) is 0 Å². The van der Waals surface area contributed by atoms with Crippen LogP contribution in [0.1, 0.15) is 46.7 Å². The molecule has 8 rings (SSSR count). The third-order valence-corrected chi connectivity index (χ3v) is 10.7. The molecule has 1 unspecified atom stereocenters. The number of aryl methyl sites for hydroxylation is 1. The average Bonchev–Trinajstić information content (AvgIpc) is 4.05. The highest BCUT2D eigenvalue weighted by Crippen LogP contribution is 2.48. The summed E-state index contributed by atoms with van der Waals surface area (Å²) in [5, 5.41) is 4.25. The van der Waals surface area contributed by atoms with Gasteiger partial charge in [0.15, 0.2) is 0 Å². The van der Waals surface area contributed by atoms with E-state index in [-0.39, 0.29) is 40.3 Å². The highest BCUT2D eigenvalue weighted by Gasteiger charge is 2.41. The lowest BCUT2D eigenvalue weighted by atomic mass is 9.98. The van der Waals surface area contributed by atoms with E-state index in [1.165, 1.54) is 25.3 Å². The van der Waals surface area contributed by atoms with Gasteiger partial charge in [0.2, 0.25) is 0 Å². The number of ether oxygens (including phenoxy) is 3. The largest absolute Gasteiger partial charge is 0.497 e. The van der Waals surface area contributed by atoms with Crippen molar-refractivity contribution in [3.05, 3.63) is 135 Å². The third-order valence-electron chi connectivity index (χ3n) is 10.3. The lowest BCUT2D eigenvalue weighted by Gasteiger charge is -2.34. The van der Waals surface area contributed by atoms with E-state index in [9.17, 15) is 0 Å². The van der Waals surface area contributed by atoms with Gasteiger partial charge < -0.3 is 35.1 Å². The van der Waals surface area contributed by atoms with Crippen LogP contribution in [-0.2, 0) is 19.3 Å². The molecule has 0 radical (unpaired) electrons. The Hall–Kier alpha value is -5.95. The zero-order valence-electron chi connectivity index (χ0n) is 30.9. The average molecular weight is 782 g/mol. The summed E-state index contributed by atoms with van der Waals surface area (Å²) in [5.41, 5.74) is 7.90. The molecule has 0 bridgehead atoms. The fourth-order valence-corrected chi connectivity index (χ4v) is 7.75. The number of hydrogen-bond acceptors (Lipinski definition) is 10. The first-order valence-electron chi connectivity index (χ1n) is 18.1. The van der Waals surface area contributed by atoms with Crippen LogP contribution in [-0.4, -0.2) is 35.8 Å². The van der Waals surface area contributed by atoms with E-state index in [1.807, 2.05) is 70.5 Å². The Morgan fingerprint density at radius 1 is 1.00 bits per heavy atom. The van der Waals surface area contributed by atoms with Gasteiger partial charge in [-0.15, -0.1) is 0 Å². The number of aromatic nitrogens is 2. The minimum atomic E-state index is -4.76. The number of nitrogens with one attached hydrogen (secondary N) is 1. The van der Waals surface area contributed by atoms with Crippen molar-refractivity contribution in [1.82, 2.24) is 20.2 Å². The standard InChI is InChI=1S/C42H39ClF3N7O3/c1-24-19-33(52(21-25-6-12-28(54-2)13-7-25)22-26-8-14-29(55-3)15-9-26)51-37(35(24)42(44,45)46)31-20-32-34-38(36(31)43)49-23-50-41(34)53(17-18-56-32)39(27-10-11-27)30-5-4-16-48-40(30)47/h4-9,12-20,27,39,50H,10-11,21-23H2,1-3H3,(H2,47,48). The van der Waals surface area contributed by atoms with Gasteiger partial charge in [-0.2, -0.15) is 13.2 Å².